The van der Waals surface area contributed by atoms with E-state index in [4.69, 9.17) is 10.5 Å². The Morgan fingerprint density at radius 2 is 1.82 bits per heavy atom. The third-order valence-corrected chi connectivity index (χ3v) is 6.96. The zero-order chi connectivity index (χ0) is 29.5. The van der Waals surface area contributed by atoms with Crippen molar-refractivity contribution < 1.29 is 38.6 Å². The molecule has 0 aromatic heterocycles. The third kappa shape index (κ3) is 8.44. The van der Waals surface area contributed by atoms with Gasteiger partial charge in [-0.1, -0.05) is 12.1 Å². The molecule has 1 aliphatic heterocycles. The number of Topliss-reactive ketones (excluding diaryl/α,β-unsaturated/α-hetero) is 1. The van der Waals surface area contributed by atoms with Crippen LogP contribution in [-0.2, 0) is 40.1 Å². The molecule has 2 rings (SSSR count). The van der Waals surface area contributed by atoms with Crippen molar-refractivity contribution in [3.63, 3.8) is 0 Å². The topological polar surface area (TPSA) is 188 Å². The van der Waals surface area contributed by atoms with Gasteiger partial charge in [0.25, 0.3) is 5.91 Å². The molecule has 1 aromatic rings. The maximum absolute atomic E-state index is 12.9. The number of likely N-dealkylation sites (tertiary alicyclic amines) is 1. The molecule has 13 nitrogen and oxygen atoms in total. The van der Waals surface area contributed by atoms with Crippen molar-refractivity contribution in [3.8, 4) is 0 Å². The van der Waals surface area contributed by atoms with Crippen LogP contribution in [0.3, 0.4) is 0 Å². The van der Waals surface area contributed by atoms with Crippen molar-refractivity contribution in [2.45, 2.75) is 70.4 Å². The Labute approximate surface area is 239 Å². The fraction of sp³-hybridized carbons (Fsp3) is 0.520. The van der Waals surface area contributed by atoms with E-state index in [0.717, 1.165) is 15.5 Å². The van der Waals surface area contributed by atoms with E-state index < -0.39 is 65.5 Å². The molecule has 1 heterocycles. The maximum atomic E-state index is 12.9. The van der Waals surface area contributed by atoms with Gasteiger partial charge >= 0.3 is 5.97 Å². The average Bonchev–Trinajstić information content (AvgIpc) is 3.37. The summed E-state index contributed by atoms with van der Waals surface area (Å²) >= 11 is 2.11. The zero-order valence-corrected chi connectivity index (χ0v) is 24.4. The molecule has 4 atom stereocenters. The molecule has 1 aliphatic rings. The molecule has 4 amide bonds. The molecule has 39 heavy (non-hydrogen) atoms. The predicted molar refractivity (Wildman–Crippen MR) is 146 cm³/mol. The Bertz CT molecular complexity index is 1110. The first-order valence-electron chi connectivity index (χ1n) is 12.3. The van der Waals surface area contributed by atoms with Gasteiger partial charge in [-0.25, -0.2) is 4.79 Å². The third-order valence-electron chi connectivity index (χ3n) is 6.24. The van der Waals surface area contributed by atoms with E-state index in [2.05, 4.69) is 33.3 Å². The monoisotopic (exact) mass is 659 g/mol. The number of nitrogens with two attached hydrogens (primary N) is 1. The minimum Gasteiger partial charge on any atom is -0.458 e. The lowest BCUT2D eigenvalue weighted by Crippen LogP contribution is -2.57. The van der Waals surface area contributed by atoms with Gasteiger partial charge < -0.3 is 25.8 Å². The SMILES string of the molecule is CC(=O)C(O)(CC(=O)N(C)NC(=O)[C@@H]1CCCN1C(=O)[C@H](C)NC(=O)[C@H](C)N)C(=O)OCc1ccc(I)cc1. The fourth-order valence-electron chi connectivity index (χ4n) is 3.79. The highest BCUT2D eigenvalue weighted by Gasteiger charge is 2.46. The number of aliphatic hydroxyl groups is 1. The number of hydrogen-bond donors (Lipinski definition) is 4. The van der Waals surface area contributed by atoms with E-state index in [1.807, 2.05) is 0 Å². The molecular formula is C25H34IN5O8. The highest BCUT2D eigenvalue weighted by atomic mass is 127. The molecule has 5 N–H and O–H groups in total. The van der Waals surface area contributed by atoms with Crippen LogP contribution in [0.15, 0.2) is 24.3 Å². The summed E-state index contributed by atoms with van der Waals surface area (Å²) in [6.45, 7) is 3.95. The van der Waals surface area contributed by atoms with Crippen molar-refractivity contribution in [3.05, 3.63) is 33.4 Å². The second-order valence-electron chi connectivity index (χ2n) is 9.43. The first-order valence-corrected chi connectivity index (χ1v) is 13.3. The lowest BCUT2D eigenvalue weighted by molar-refractivity contribution is -0.175. The number of rotatable bonds is 10. The summed E-state index contributed by atoms with van der Waals surface area (Å²) in [6.07, 6.45) is -0.139. The van der Waals surface area contributed by atoms with Gasteiger partial charge in [0.1, 0.15) is 18.7 Å². The van der Waals surface area contributed by atoms with Crippen LogP contribution in [0.5, 0.6) is 0 Å². The number of ketones is 1. The number of ether oxygens (including phenoxy) is 1. The predicted octanol–water partition coefficient (Wildman–Crippen LogP) is -0.623. The first kappa shape index (κ1) is 32.1. The average molecular weight is 659 g/mol. The van der Waals surface area contributed by atoms with Crippen LogP contribution in [0.25, 0.3) is 0 Å². The number of carbonyl (C=O) groups excluding carboxylic acids is 6. The van der Waals surface area contributed by atoms with Crippen molar-refractivity contribution in [2.75, 3.05) is 13.6 Å². The van der Waals surface area contributed by atoms with Crippen LogP contribution in [0, 0.1) is 3.57 Å². The molecule has 0 radical (unpaired) electrons. The van der Waals surface area contributed by atoms with Crippen LogP contribution in [0.1, 0.15) is 45.6 Å². The van der Waals surface area contributed by atoms with Gasteiger partial charge in [0.15, 0.2) is 5.78 Å². The Hall–Kier alpha value is -3.11. The van der Waals surface area contributed by atoms with Crippen LogP contribution in [0.4, 0.5) is 0 Å². The summed E-state index contributed by atoms with van der Waals surface area (Å²) in [5.74, 6) is -4.93. The van der Waals surface area contributed by atoms with Crippen molar-refractivity contribution >= 4 is 58.0 Å². The standard InChI is InChI=1S/C25H34IN5O8/c1-14(27)21(34)28-15(2)23(36)31-11-5-6-19(31)22(35)29-30(4)20(33)12-25(38,16(3)32)24(37)39-13-17-7-9-18(26)10-8-17/h7-10,14-15,19,38H,5-6,11-13,27H2,1-4H3,(H,28,34)(H,29,35)/t14-,15-,19-,25?/m0/s1. The van der Waals surface area contributed by atoms with Crippen LogP contribution < -0.4 is 16.5 Å². The largest absolute Gasteiger partial charge is 0.458 e. The highest BCUT2D eigenvalue weighted by Crippen LogP contribution is 2.20. The molecule has 0 aliphatic carbocycles. The van der Waals surface area contributed by atoms with Crippen molar-refractivity contribution in [1.82, 2.24) is 20.7 Å². The number of carbonyl (C=O) groups is 6. The molecule has 1 saturated heterocycles. The van der Waals surface area contributed by atoms with E-state index >= 15 is 0 Å². The van der Waals surface area contributed by atoms with Gasteiger partial charge in [0, 0.05) is 17.2 Å². The first-order chi connectivity index (χ1) is 18.2. The summed E-state index contributed by atoms with van der Waals surface area (Å²) in [5, 5.41) is 14.0. The number of amides is 4. The Balaban J connectivity index is 2.01. The molecule has 14 heteroatoms. The van der Waals surface area contributed by atoms with E-state index in [1.165, 1.54) is 25.8 Å². The van der Waals surface area contributed by atoms with Gasteiger partial charge in [-0.2, -0.15) is 0 Å². The van der Waals surface area contributed by atoms with Crippen LogP contribution >= 0.6 is 22.6 Å². The Kier molecular flexibility index (Phi) is 11.4. The number of halogens is 1. The summed E-state index contributed by atoms with van der Waals surface area (Å²) in [5.41, 5.74) is 5.71. The van der Waals surface area contributed by atoms with E-state index in [1.54, 1.807) is 24.3 Å². The molecule has 0 spiro atoms. The van der Waals surface area contributed by atoms with Crippen molar-refractivity contribution in [2.24, 2.45) is 5.73 Å². The van der Waals surface area contributed by atoms with Gasteiger partial charge in [0.2, 0.25) is 23.3 Å². The van der Waals surface area contributed by atoms with Gasteiger partial charge in [-0.05, 0) is 73.9 Å². The second-order valence-corrected chi connectivity index (χ2v) is 10.7. The molecule has 1 unspecified atom stereocenters. The molecule has 0 bridgehead atoms. The summed E-state index contributed by atoms with van der Waals surface area (Å²) in [6, 6.07) is 4.34. The number of nitrogens with zero attached hydrogens (tertiary/aromatic N) is 2. The van der Waals surface area contributed by atoms with Gasteiger partial charge in [-0.3, -0.25) is 34.4 Å². The lowest BCUT2D eigenvalue weighted by atomic mass is 9.94. The number of nitrogens with one attached hydrogen (secondary N) is 2. The van der Waals surface area contributed by atoms with Gasteiger partial charge in [0.05, 0.1) is 12.5 Å². The summed E-state index contributed by atoms with van der Waals surface area (Å²) < 4.78 is 6.05. The number of benzene rings is 1. The lowest BCUT2D eigenvalue weighted by Gasteiger charge is -2.30. The highest BCUT2D eigenvalue weighted by molar-refractivity contribution is 14.1. The quantitative estimate of drug-likeness (QED) is 0.110. The van der Waals surface area contributed by atoms with Crippen LogP contribution in [0.2, 0.25) is 0 Å². The van der Waals surface area contributed by atoms with Crippen molar-refractivity contribution in [1.29, 1.82) is 0 Å². The maximum Gasteiger partial charge on any atom is 0.346 e. The molecule has 1 fully saturated rings. The fourth-order valence-corrected chi connectivity index (χ4v) is 4.15. The molecule has 1 aromatic carbocycles. The van der Waals surface area contributed by atoms with E-state index in [0.29, 0.717) is 18.4 Å². The van der Waals surface area contributed by atoms with E-state index in [-0.39, 0.29) is 13.2 Å². The molecule has 0 saturated carbocycles. The summed E-state index contributed by atoms with van der Waals surface area (Å²) in [7, 11) is 1.18. The minimum absolute atomic E-state index is 0.222. The number of hydrogen-bond acceptors (Lipinski definition) is 9. The summed E-state index contributed by atoms with van der Waals surface area (Å²) in [4.78, 5) is 76.4. The number of hydrazine groups is 1. The Morgan fingerprint density at radius 3 is 2.38 bits per heavy atom. The minimum atomic E-state index is -2.76. The second kappa shape index (κ2) is 13.8. The van der Waals surface area contributed by atoms with Gasteiger partial charge in [-0.15, -0.1) is 0 Å². The molecular weight excluding hydrogens is 625 g/mol. The van der Waals surface area contributed by atoms with E-state index in [9.17, 15) is 33.9 Å². The Morgan fingerprint density at radius 1 is 1.21 bits per heavy atom. The normalized spacial score (nSPS) is 17.8. The van der Waals surface area contributed by atoms with Crippen LogP contribution in [-0.4, -0.2) is 87.7 Å². The smallest absolute Gasteiger partial charge is 0.346 e. The number of esters is 1. The molecule has 214 valence electrons. The zero-order valence-electron chi connectivity index (χ0n) is 22.2.